The second-order valence-corrected chi connectivity index (χ2v) is 10.0. The van der Waals surface area contributed by atoms with Crippen LogP contribution in [0.5, 0.6) is 11.5 Å². The predicted octanol–water partition coefficient (Wildman–Crippen LogP) is 6.78. The molecule has 0 radical (unpaired) electrons. The SMILES string of the molecule is CCCCC(C)C=C(C)C=C(C)C(=O)Nc1cc(O)c(C=CC=CC=CC(=O)NC2=C(O)CCC2=O)c(Cl)c1O. The van der Waals surface area contributed by atoms with E-state index >= 15 is 0 Å². The monoisotopic (exact) mass is 568 g/mol. The van der Waals surface area contributed by atoms with Crippen LogP contribution < -0.4 is 10.6 Å². The van der Waals surface area contributed by atoms with E-state index in [0.29, 0.717) is 11.5 Å². The molecular weight excluding hydrogens is 532 g/mol. The van der Waals surface area contributed by atoms with Gasteiger partial charge in [0, 0.05) is 36.1 Å². The van der Waals surface area contributed by atoms with E-state index in [1.165, 1.54) is 36.4 Å². The van der Waals surface area contributed by atoms with Gasteiger partial charge in [-0.3, -0.25) is 14.4 Å². The van der Waals surface area contributed by atoms with Crippen LogP contribution in [0.15, 0.2) is 71.2 Å². The van der Waals surface area contributed by atoms with Crippen molar-refractivity contribution in [2.45, 2.75) is 59.8 Å². The van der Waals surface area contributed by atoms with Crippen LogP contribution in [-0.4, -0.2) is 32.9 Å². The van der Waals surface area contributed by atoms with E-state index in [1.54, 1.807) is 19.1 Å². The van der Waals surface area contributed by atoms with Gasteiger partial charge in [0.1, 0.15) is 17.2 Å². The number of hydrogen-bond donors (Lipinski definition) is 5. The lowest BCUT2D eigenvalue weighted by Crippen LogP contribution is -2.24. The van der Waals surface area contributed by atoms with Crippen LogP contribution in [0.1, 0.15) is 65.4 Å². The fourth-order valence-corrected chi connectivity index (χ4v) is 4.26. The van der Waals surface area contributed by atoms with Gasteiger partial charge in [0.05, 0.1) is 10.7 Å². The smallest absolute Gasteiger partial charge is 0.251 e. The molecule has 0 saturated carbocycles. The van der Waals surface area contributed by atoms with Crippen LogP contribution in [0.2, 0.25) is 5.02 Å². The van der Waals surface area contributed by atoms with Gasteiger partial charge in [-0.05, 0) is 32.3 Å². The predicted molar refractivity (Wildman–Crippen MR) is 159 cm³/mol. The number of carbonyl (C=O) groups excluding carboxylic acids is 3. The van der Waals surface area contributed by atoms with Crippen molar-refractivity contribution in [1.82, 2.24) is 5.32 Å². The highest BCUT2D eigenvalue weighted by Crippen LogP contribution is 2.41. The van der Waals surface area contributed by atoms with Crippen molar-refractivity contribution in [2.24, 2.45) is 5.92 Å². The Labute approximate surface area is 240 Å². The van der Waals surface area contributed by atoms with Gasteiger partial charge in [-0.25, -0.2) is 0 Å². The van der Waals surface area contributed by atoms with Crippen LogP contribution in [0, 0.1) is 5.92 Å². The van der Waals surface area contributed by atoms with E-state index in [1.807, 2.05) is 6.92 Å². The van der Waals surface area contributed by atoms with Gasteiger partial charge >= 0.3 is 0 Å². The summed E-state index contributed by atoms with van der Waals surface area (Å²) in [5.74, 6) is -1.69. The molecule has 0 fully saturated rings. The summed E-state index contributed by atoms with van der Waals surface area (Å²) in [5, 5.41) is 35.4. The molecule has 0 bridgehead atoms. The van der Waals surface area contributed by atoms with Crippen LogP contribution >= 0.6 is 11.6 Å². The molecule has 0 spiro atoms. The van der Waals surface area contributed by atoms with Gasteiger partial charge in [-0.2, -0.15) is 0 Å². The van der Waals surface area contributed by atoms with E-state index in [0.717, 1.165) is 24.8 Å². The summed E-state index contributed by atoms with van der Waals surface area (Å²) < 4.78 is 0. The highest BCUT2D eigenvalue weighted by Gasteiger charge is 2.23. The zero-order valence-corrected chi connectivity index (χ0v) is 24.0. The summed E-state index contributed by atoms with van der Waals surface area (Å²) >= 11 is 6.26. The molecule has 0 aliphatic heterocycles. The summed E-state index contributed by atoms with van der Waals surface area (Å²) in [6.07, 6.45) is 16.3. The number of allylic oxidation sites excluding steroid dienone is 9. The summed E-state index contributed by atoms with van der Waals surface area (Å²) in [4.78, 5) is 36.2. The lowest BCUT2D eigenvalue weighted by molar-refractivity contribution is -0.119. The number of Topliss-reactive ketones (excluding diaryl/α,β-unsaturated/α-hetero) is 1. The van der Waals surface area contributed by atoms with Crippen molar-refractivity contribution >= 4 is 41.0 Å². The lowest BCUT2D eigenvalue weighted by atomic mass is 10.0. The van der Waals surface area contributed by atoms with Gasteiger partial charge in [0.25, 0.3) is 5.91 Å². The number of phenolic OH excluding ortho intramolecular Hbond substituents is 2. The number of carbonyl (C=O) groups is 3. The topological polar surface area (TPSA) is 136 Å². The molecule has 9 heteroatoms. The summed E-state index contributed by atoms with van der Waals surface area (Å²) in [5.41, 5.74) is 1.44. The summed E-state index contributed by atoms with van der Waals surface area (Å²) in [6.45, 7) is 7.89. The summed E-state index contributed by atoms with van der Waals surface area (Å²) in [6, 6.07) is 1.21. The third-order valence-corrected chi connectivity index (χ3v) is 6.50. The Morgan fingerprint density at radius 3 is 2.42 bits per heavy atom. The number of ketones is 1. The van der Waals surface area contributed by atoms with Crippen LogP contribution in [0.4, 0.5) is 5.69 Å². The third-order valence-electron chi connectivity index (χ3n) is 6.12. The molecular formula is C31H37ClN2O6. The Bertz CT molecular complexity index is 1320. The molecule has 1 unspecified atom stereocenters. The van der Waals surface area contributed by atoms with Crippen LogP contribution in [0.3, 0.4) is 0 Å². The van der Waals surface area contributed by atoms with E-state index in [9.17, 15) is 29.7 Å². The number of phenols is 2. The van der Waals surface area contributed by atoms with Crippen LogP contribution in [-0.2, 0) is 14.4 Å². The second-order valence-electron chi connectivity index (χ2n) is 9.67. The maximum absolute atomic E-state index is 12.7. The van der Waals surface area contributed by atoms with Crippen molar-refractivity contribution in [3.63, 3.8) is 0 Å². The van der Waals surface area contributed by atoms with Gasteiger partial charge < -0.3 is 26.0 Å². The number of aromatic hydroxyl groups is 2. The Kier molecular flexibility index (Phi) is 12.5. The molecule has 8 nitrogen and oxygen atoms in total. The zero-order chi connectivity index (χ0) is 29.8. The molecule has 1 atom stereocenters. The fourth-order valence-electron chi connectivity index (χ4n) is 4.00. The number of rotatable bonds is 12. The van der Waals surface area contributed by atoms with E-state index in [-0.39, 0.29) is 57.9 Å². The number of halogens is 1. The van der Waals surface area contributed by atoms with Crippen molar-refractivity contribution in [3.8, 4) is 11.5 Å². The molecule has 214 valence electrons. The number of nitrogens with one attached hydrogen (secondary N) is 2. The number of amides is 2. The number of benzene rings is 1. The molecule has 2 rings (SSSR count). The minimum atomic E-state index is -0.563. The van der Waals surface area contributed by atoms with Gasteiger partial charge in [-0.15, -0.1) is 0 Å². The minimum absolute atomic E-state index is 0.0262. The van der Waals surface area contributed by atoms with E-state index < -0.39 is 11.8 Å². The maximum Gasteiger partial charge on any atom is 0.251 e. The first-order chi connectivity index (χ1) is 18.9. The van der Waals surface area contributed by atoms with E-state index in [2.05, 4.69) is 30.6 Å². The normalized spacial score (nSPS) is 15.6. The molecule has 40 heavy (non-hydrogen) atoms. The minimum Gasteiger partial charge on any atom is -0.510 e. The molecule has 0 aromatic heterocycles. The molecule has 1 aliphatic carbocycles. The Morgan fingerprint density at radius 2 is 1.77 bits per heavy atom. The highest BCUT2D eigenvalue weighted by molar-refractivity contribution is 6.34. The number of hydrogen-bond acceptors (Lipinski definition) is 6. The fraction of sp³-hybridized carbons (Fsp3) is 0.323. The summed E-state index contributed by atoms with van der Waals surface area (Å²) in [7, 11) is 0. The van der Waals surface area contributed by atoms with E-state index in [4.69, 9.17) is 11.6 Å². The average molecular weight is 569 g/mol. The van der Waals surface area contributed by atoms with Gasteiger partial charge in [-0.1, -0.05) is 80.3 Å². The molecule has 5 N–H and O–H groups in total. The van der Waals surface area contributed by atoms with Crippen molar-refractivity contribution in [3.05, 3.63) is 81.8 Å². The molecule has 0 saturated heterocycles. The number of unbranched alkanes of at least 4 members (excludes halogenated alkanes) is 1. The average Bonchev–Trinajstić information content (AvgIpc) is 3.21. The van der Waals surface area contributed by atoms with Gasteiger partial charge in [0.15, 0.2) is 11.5 Å². The maximum atomic E-state index is 12.7. The van der Waals surface area contributed by atoms with Crippen molar-refractivity contribution in [1.29, 1.82) is 0 Å². The van der Waals surface area contributed by atoms with Crippen LogP contribution in [0.25, 0.3) is 6.08 Å². The zero-order valence-electron chi connectivity index (χ0n) is 23.3. The molecule has 1 aromatic rings. The number of aliphatic hydroxyl groups excluding tert-OH is 1. The second kappa shape index (κ2) is 15.5. The first-order valence-corrected chi connectivity index (χ1v) is 13.5. The first kappa shape index (κ1) is 32.2. The standard InChI is InChI=1S/C31H37ClN2O6/c1-5-6-11-19(2)16-20(3)17-21(4)31(40)33-23-18-26(37)22(28(32)30(23)39)12-9-7-8-10-13-27(38)34-29-24(35)14-15-25(29)36/h7-10,12-13,16-19,35,37,39H,5-6,11,14-15H2,1-4H3,(H,33,40)(H,34,38). The quantitative estimate of drug-likeness (QED) is 0.0815. The number of anilines is 1. The number of aliphatic hydroxyl groups is 1. The largest absolute Gasteiger partial charge is 0.510 e. The highest BCUT2D eigenvalue weighted by atomic mass is 35.5. The molecule has 1 aliphatic rings. The Hall–Kier alpha value is -4.04. The van der Waals surface area contributed by atoms with Crippen molar-refractivity contribution in [2.75, 3.05) is 5.32 Å². The third kappa shape index (κ3) is 9.61. The Balaban J connectivity index is 2.03. The van der Waals surface area contributed by atoms with Crippen molar-refractivity contribution < 1.29 is 29.7 Å². The molecule has 1 aromatic carbocycles. The lowest BCUT2D eigenvalue weighted by Gasteiger charge is -2.12. The first-order valence-electron chi connectivity index (χ1n) is 13.1. The van der Waals surface area contributed by atoms with Gasteiger partial charge in [0.2, 0.25) is 5.91 Å². The molecule has 0 heterocycles. The Morgan fingerprint density at radius 1 is 1.07 bits per heavy atom. The molecule has 2 amide bonds.